The van der Waals surface area contributed by atoms with E-state index in [0.717, 1.165) is 0 Å². The van der Waals surface area contributed by atoms with Gasteiger partial charge in [0.25, 0.3) is 0 Å². The van der Waals surface area contributed by atoms with Crippen molar-refractivity contribution in [1.82, 2.24) is 0 Å². The summed E-state index contributed by atoms with van der Waals surface area (Å²) in [6, 6.07) is 1.60. The average molecular weight is 128 g/mol. The Hall–Kier alpha value is -1.08. The third kappa shape index (κ3) is 1.70. The fourth-order valence-corrected chi connectivity index (χ4v) is 0.258. The summed E-state index contributed by atoms with van der Waals surface area (Å²) in [4.78, 5) is 10.5. The van der Waals surface area contributed by atoms with Crippen molar-refractivity contribution < 1.29 is 9.53 Å². The SMILES string of the molecule is COC(=O)[C@](C)(N)C#N. The number of rotatable bonds is 1. The molecule has 50 valence electrons. The molecule has 0 aromatic heterocycles. The van der Waals surface area contributed by atoms with Crippen molar-refractivity contribution in [3.05, 3.63) is 0 Å². The molecule has 0 aliphatic carbocycles. The van der Waals surface area contributed by atoms with E-state index in [-0.39, 0.29) is 0 Å². The first-order valence-electron chi connectivity index (χ1n) is 2.33. The summed E-state index contributed by atoms with van der Waals surface area (Å²) in [5, 5.41) is 8.22. The summed E-state index contributed by atoms with van der Waals surface area (Å²) < 4.78 is 4.22. The van der Waals surface area contributed by atoms with Gasteiger partial charge in [-0.25, -0.2) is 4.79 Å². The van der Waals surface area contributed by atoms with Gasteiger partial charge < -0.3 is 10.5 Å². The van der Waals surface area contributed by atoms with Crippen LogP contribution in [0.4, 0.5) is 0 Å². The first kappa shape index (κ1) is 7.92. The molecule has 0 aromatic rings. The van der Waals surface area contributed by atoms with Crippen molar-refractivity contribution in [3.8, 4) is 6.07 Å². The molecule has 0 aromatic carbocycles. The molecule has 0 unspecified atom stereocenters. The van der Waals surface area contributed by atoms with Gasteiger partial charge in [-0.3, -0.25) is 0 Å². The monoisotopic (exact) mass is 128 g/mol. The van der Waals surface area contributed by atoms with E-state index < -0.39 is 11.5 Å². The average Bonchev–Trinajstić information content (AvgIpc) is 1.86. The Morgan fingerprint density at radius 3 is 2.44 bits per heavy atom. The standard InChI is InChI=1S/C5H8N2O2/c1-5(7,3-6)4(8)9-2/h7H2,1-2H3/t5-/m1/s1. The largest absolute Gasteiger partial charge is 0.467 e. The van der Waals surface area contributed by atoms with Gasteiger partial charge in [0, 0.05) is 0 Å². The highest BCUT2D eigenvalue weighted by atomic mass is 16.5. The second kappa shape index (κ2) is 2.46. The molecule has 0 fully saturated rings. The molecular weight excluding hydrogens is 120 g/mol. The van der Waals surface area contributed by atoms with E-state index in [0.29, 0.717) is 0 Å². The maximum Gasteiger partial charge on any atom is 0.340 e. The molecule has 0 radical (unpaired) electrons. The fourth-order valence-electron chi connectivity index (χ4n) is 0.258. The minimum atomic E-state index is -1.51. The third-order valence-electron chi connectivity index (χ3n) is 0.842. The normalized spacial score (nSPS) is 15.3. The van der Waals surface area contributed by atoms with Crippen molar-refractivity contribution in [2.75, 3.05) is 7.11 Å². The van der Waals surface area contributed by atoms with Crippen molar-refractivity contribution >= 4 is 5.97 Å². The van der Waals surface area contributed by atoms with Crippen LogP contribution in [0.25, 0.3) is 0 Å². The number of methoxy groups -OCH3 is 1. The predicted molar refractivity (Wildman–Crippen MR) is 30.2 cm³/mol. The molecule has 9 heavy (non-hydrogen) atoms. The second-order valence-electron chi connectivity index (χ2n) is 1.81. The molecule has 0 saturated carbocycles. The topological polar surface area (TPSA) is 76.1 Å². The van der Waals surface area contributed by atoms with E-state index in [1.165, 1.54) is 14.0 Å². The Bertz CT molecular complexity index is 157. The number of hydrogen-bond acceptors (Lipinski definition) is 4. The van der Waals surface area contributed by atoms with Crippen LogP contribution in [0, 0.1) is 11.3 Å². The molecule has 4 heteroatoms. The van der Waals surface area contributed by atoms with E-state index in [4.69, 9.17) is 11.0 Å². The second-order valence-corrected chi connectivity index (χ2v) is 1.81. The number of ether oxygens (including phenoxy) is 1. The lowest BCUT2D eigenvalue weighted by Gasteiger charge is -2.10. The number of nitriles is 1. The first-order chi connectivity index (χ1) is 4.04. The molecule has 2 N–H and O–H groups in total. The Kier molecular flexibility index (Phi) is 2.17. The summed E-state index contributed by atoms with van der Waals surface area (Å²) in [6.45, 7) is 1.29. The summed E-state index contributed by atoms with van der Waals surface area (Å²) in [5.74, 6) is -0.718. The van der Waals surface area contributed by atoms with Gasteiger partial charge in [-0.1, -0.05) is 0 Å². The minimum Gasteiger partial charge on any atom is -0.467 e. The Morgan fingerprint density at radius 1 is 1.89 bits per heavy atom. The number of carbonyl (C=O) groups is 1. The minimum absolute atomic E-state index is 0.718. The highest BCUT2D eigenvalue weighted by Crippen LogP contribution is 1.97. The van der Waals surface area contributed by atoms with Crippen LogP contribution in [-0.4, -0.2) is 18.6 Å². The van der Waals surface area contributed by atoms with Crippen LogP contribution >= 0.6 is 0 Å². The van der Waals surface area contributed by atoms with Crippen LogP contribution < -0.4 is 5.73 Å². The summed E-state index contributed by atoms with van der Waals surface area (Å²) >= 11 is 0. The zero-order chi connectivity index (χ0) is 7.49. The van der Waals surface area contributed by atoms with Crippen LogP contribution in [0.1, 0.15) is 6.92 Å². The molecule has 0 spiro atoms. The maximum atomic E-state index is 10.5. The molecule has 1 atom stereocenters. The van der Waals surface area contributed by atoms with Gasteiger partial charge >= 0.3 is 5.97 Å². The van der Waals surface area contributed by atoms with Gasteiger partial charge in [0.1, 0.15) is 0 Å². The van der Waals surface area contributed by atoms with Crippen LogP contribution in [0.3, 0.4) is 0 Å². The third-order valence-corrected chi connectivity index (χ3v) is 0.842. The Labute approximate surface area is 53.2 Å². The van der Waals surface area contributed by atoms with Crippen molar-refractivity contribution in [1.29, 1.82) is 5.26 Å². The number of esters is 1. The molecule has 4 nitrogen and oxygen atoms in total. The number of carbonyl (C=O) groups excluding carboxylic acids is 1. The first-order valence-corrected chi connectivity index (χ1v) is 2.33. The quantitative estimate of drug-likeness (QED) is 0.478. The maximum absolute atomic E-state index is 10.5. The zero-order valence-electron chi connectivity index (χ0n) is 5.34. The van der Waals surface area contributed by atoms with E-state index in [2.05, 4.69) is 4.74 Å². The smallest absolute Gasteiger partial charge is 0.340 e. The summed E-state index contributed by atoms with van der Waals surface area (Å²) in [7, 11) is 1.19. The van der Waals surface area contributed by atoms with Crippen LogP contribution in [-0.2, 0) is 9.53 Å². The summed E-state index contributed by atoms with van der Waals surface area (Å²) in [5.41, 5.74) is 3.63. The lowest BCUT2D eigenvalue weighted by molar-refractivity contribution is -0.144. The summed E-state index contributed by atoms with van der Waals surface area (Å²) in [6.07, 6.45) is 0. The number of nitrogens with two attached hydrogens (primary N) is 1. The molecule has 0 aliphatic rings. The number of nitrogens with zero attached hydrogens (tertiary/aromatic N) is 1. The van der Waals surface area contributed by atoms with Crippen LogP contribution in [0.2, 0.25) is 0 Å². The van der Waals surface area contributed by atoms with Gasteiger partial charge in [-0.05, 0) is 6.92 Å². The van der Waals surface area contributed by atoms with Gasteiger partial charge in [0.15, 0.2) is 5.54 Å². The van der Waals surface area contributed by atoms with Gasteiger partial charge in [0.05, 0.1) is 13.2 Å². The van der Waals surface area contributed by atoms with E-state index in [9.17, 15) is 4.79 Å². The lowest BCUT2D eigenvalue weighted by atomic mass is 10.1. The molecule has 0 saturated heterocycles. The highest BCUT2D eigenvalue weighted by Gasteiger charge is 2.28. The Balaban J connectivity index is 4.19. The van der Waals surface area contributed by atoms with Crippen LogP contribution in [0.15, 0.2) is 0 Å². The zero-order valence-corrected chi connectivity index (χ0v) is 5.34. The number of hydrogen-bond donors (Lipinski definition) is 1. The van der Waals surface area contributed by atoms with E-state index in [1.54, 1.807) is 6.07 Å². The predicted octanol–water partition coefficient (Wildman–Crippen LogP) is -0.600. The van der Waals surface area contributed by atoms with Gasteiger partial charge in [-0.2, -0.15) is 5.26 Å². The molecule has 0 aliphatic heterocycles. The van der Waals surface area contributed by atoms with Gasteiger partial charge in [-0.15, -0.1) is 0 Å². The molecule has 0 heterocycles. The van der Waals surface area contributed by atoms with Crippen molar-refractivity contribution in [2.45, 2.75) is 12.5 Å². The molecular formula is C5H8N2O2. The van der Waals surface area contributed by atoms with E-state index in [1.807, 2.05) is 0 Å². The molecule has 0 rings (SSSR count). The Morgan fingerprint density at radius 2 is 2.33 bits per heavy atom. The van der Waals surface area contributed by atoms with Gasteiger partial charge in [0.2, 0.25) is 0 Å². The fraction of sp³-hybridized carbons (Fsp3) is 0.600. The van der Waals surface area contributed by atoms with Crippen LogP contribution in [0.5, 0.6) is 0 Å². The van der Waals surface area contributed by atoms with E-state index >= 15 is 0 Å². The molecule has 0 amide bonds. The van der Waals surface area contributed by atoms with Crippen molar-refractivity contribution in [3.63, 3.8) is 0 Å². The van der Waals surface area contributed by atoms with Crippen molar-refractivity contribution in [2.24, 2.45) is 5.73 Å². The highest BCUT2D eigenvalue weighted by molar-refractivity contribution is 5.83. The lowest BCUT2D eigenvalue weighted by Crippen LogP contribution is -2.44. The molecule has 0 bridgehead atoms.